The maximum atomic E-state index is 12.1. The molecule has 1 aromatic rings. The standard InChI is InChI=1S/C42H67N3O4S/c1-38(2)31(29-9-11-30(12-10-29)37(46)49-8)15-18-39(3)34(38)17-19-41(5)35(39)14-13-32-36-33(44(6)7)16-20-42(36,22-21-40(32,41)4)43-23-24-45-25-27-50(47,48)28-26-45/h9-12,15,32-36,43,47-48H,13-14,16-28H2,1-8H3/t32-,33-,34+,35-,36+,39+,40-,41-,42+/m1/s1. The van der Waals surface area contributed by atoms with Crippen LogP contribution in [0.3, 0.4) is 0 Å². The molecule has 4 saturated carbocycles. The van der Waals surface area contributed by atoms with Crippen LogP contribution in [0.5, 0.6) is 0 Å². The molecule has 5 aliphatic carbocycles. The summed E-state index contributed by atoms with van der Waals surface area (Å²) < 4.78 is 25.2. The van der Waals surface area contributed by atoms with Crippen LogP contribution in [-0.2, 0) is 4.74 Å². The van der Waals surface area contributed by atoms with Gasteiger partial charge in [-0.1, -0.05) is 52.8 Å². The predicted molar refractivity (Wildman–Crippen MR) is 207 cm³/mol. The zero-order valence-electron chi connectivity index (χ0n) is 32.4. The first-order valence-electron chi connectivity index (χ1n) is 19.8. The predicted octanol–water partition coefficient (Wildman–Crippen LogP) is 8.27. The van der Waals surface area contributed by atoms with Gasteiger partial charge in [-0.15, -0.1) is 0 Å². The first kappa shape index (κ1) is 36.9. The van der Waals surface area contributed by atoms with E-state index < -0.39 is 10.6 Å². The Bertz CT molecular complexity index is 1470. The Morgan fingerprint density at radius 2 is 1.62 bits per heavy atom. The summed E-state index contributed by atoms with van der Waals surface area (Å²) in [6.07, 6.45) is 14.1. The molecule has 0 unspecified atom stereocenters. The number of nitrogens with zero attached hydrogens (tertiary/aromatic N) is 2. The zero-order chi connectivity index (χ0) is 35.9. The summed E-state index contributed by atoms with van der Waals surface area (Å²) in [5.74, 6) is 3.50. The molecule has 5 fully saturated rings. The highest BCUT2D eigenvalue weighted by atomic mass is 32.3. The van der Waals surface area contributed by atoms with Gasteiger partial charge in [0.2, 0.25) is 0 Å². The zero-order valence-corrected chi connectivity index (χ0v) is 33.2. The van der Waals surface area contributed by atoms with Gasteiger partial charge in [-0.2, -0.15) is 10.6 Å². The number of benzene rings is 1. The number of hydrogen-bond acceptors (Lipinski definition) is 7. The summed E-state index contributed by atoms with van der Waals surface area (Å²) in [7, 11) is 3.75. The van der Waals surface area contributed by atoms with Gasteiger partial charge < -0.3 is 15.0 Å². The lowest BCUT2D eigenvalue weighted by Crippen LogP contribution is -2.69. The fourth-order valence-electron chi connectivity index (χ4n) is 13.9. The summed E-state index contributed by atoms with van der Waals surface area (Å²) in [5.41, 5.74) is 4.46. The molecular weight excluding hydrogens is 643 g/mol. The molecule has 7 nitrogen and oxygen atoms in total. The number of fused-ring (bicyclic) bond motifs is 7. The van der Waals surface area contributed by atoms with E-state index in [0.717, 1.165) is 38.5 Å². The Labute approximate surface area is 304 Å². The second-order valence-electron chi connectivity index (χ2n) is 19.0. The lowest BCUT2D eigenvalue weighted by molar-refractivity contribution is -0.220. The van der Waals surface area contributed by atoms with Gasteiger partial charge >= 0.3 is 5.97 Å². The van der Waals surface area contributed by atoms with Crippen LogP contribution < -0.4 is 5.32 Å². The number of methoxy groups -OCH3 is 1. The second kappa shape index (κ2) is 12.9. The van der Waals surface area contributed by atoms with E-state index in [-0.39, 0.29) is 22.3 Å². The number of esters is 1. The van der Waals surface area contributed by atoms with E-state index in [0.29, 0.717) is 51.7 Å². The molecule has 1 saturated heterocycles. The van der Waals surface area contributed by atoms with Gasteiger partial charge in [-0.25, -0.2) is 4.79 Å². The van der Waals surface area contributed by atoms with Crippen molar-refractivity contribution in [3.05, 3.63) is 41.5 Å². The van der Waals surface area contributed by atoms with Crippen molar-refractivity contribution in [2.24, 2.45) is 45.3 Å². The summed E-state index contributed by atoms with van der Waals surface area (Å²) in [5, 5.41) is 4.26. The van der Waals surface area contributed by atoms with Gasteiger partial charge in [0.1, 0.15) is 0 Å². The van der Waals surface area contributed by atoms with Crippen LogP contribution in [-0.4, -0.2) is 95.3 Å². The molecule has 280 valence electrons. The maximum absolute atomic E-state index is 12.1. The summed E-state index contributed by atoms with van der Waals surface area (Å²) in [4.78, 5) is 17.2. The normalized spacial score (nSPS) is 42.8. The largest absolute Gasteiger partial charge is 0.465 e. The van der Waals surface area contributed by atoms with E-state index >= 15 is 0 Å². The number of allylic oxidation sites excluding steroid dienone is 2. The molecular formula is C42H67N3O4S. The highest BCUT2D eigenvalue weighted by Crippen LogP contribution is 2.76. The Morgan fingerprint density at radius 1 is 0.920 bits per heavy atom. The molecule has 0 radical (unpaired) electrons. The molecule has 6 aliphatic rings. The van der Waals surface area contributed by atoms with Crippen LogP contribution in [0.25, 0.3) is 5.57 Å². The third kappa shape index (κ3) is 5.68. The monoisotopic (exact) mass is 709 g/mol. The molecule has 0 bridgehead atoms. The molecule has 50 heavy (non-hydrogen) atoms. The summed E-state index contributed by atoms with van der Waals surface area (Å²) in [6.45, 7) is 16.8. The number of ether oxygens (including phenoxy) is 1. The Hall–Kier alpha value is -1.42. The van der Waals surface area contributed by atoms with Crippen molar-refractivity contribution in [1.82, 2.24) is 15.1 Å². The number of carbonyl (C=O) groups excluding carboxylic acids is 1. The first-order chi connectivity index (χ1) is 23.5. The minimum absolute atomic E-state index is 0.0531. The number of rotatable bonds is 7. The Kier molecular flexibility index (Phi) is 9.50. The third-order valence-corrected chi connectivity index (χ3v) is 18.3. The topological polar surface area (TPSA) is 85.3 Å². The molecule has 0 aromatic heterocycles. The van der Waals surface area contributed by atoms with Gasteiger partial charge in [0, 0.05) is 37.8 Å². The quantitative estimate of drug-likeness (QED) is 0.246. The maximum Gasteiger partial charge on any atom is 0.337 e. The first-order valence-corrected chi connectivity index (χ1v) is 21.7. The van der Waals surface area contributed by atoms with E-state index in [2.05, 4.69) is 82.0 Å². The highest BCUT2D eigenvalue weighted by Gasteiger charge is 2.70. The van der Waals surface area contributed by atoms with Crippen molar-refractivity contribution in [2.75, 3.05) is 58.9 Å². The van der Waals surface area contributed by atoms with Crippen LogP contribution in [0.1, 0.15) is 108 Å². The van der Waals surface area contributed by atoms with Crippen LogP contribution in [0.2, 0.25) is 0 Å². The second-order valence-corrected chi connectivity index (χ2v) is 21.4. The van der Waals surface area contributed by atoms with Crippen molar-refractivity contribution >= 4 is 22.1 Å². The van der Waals surface area contributed by atoms with Crippen molar-refractivity contribution in [2.45, 2.75) is 104 Å². The molecule has 8 heteroatoms. The fourth-order valence-corrected chi connectivity index (χ4v) is 15.2. The fraction of sp³-hybridized carbons (Fsp3) is 0.786. The minimum atomic E-state index is -2.35. The Balaban J connectivity index is 1.13. The number of carbonyl (C=O) groups is 1. The van der Waals surface area contributed by atoms with Gasteiger partial charge in [0.25, 0.3) is 0 Å². The molecule has 0 spiro atoms. The minimum Gasteiger partial charge on any atom is -0.465 e. The lowest BCUT2D eigenvalue weighted by Gasteiger charge is -2.72. The smallest absolute Gasteiger partial charge is 0.337 e. The molecule has 3 N–H and O–H groups in total. The van der Waals surface area contributed by atoms with E-state index in [1.165, 1.54) is 69.6 Å². The lowest BCUT2D eigenvalue weighted by atomic mass is 9.33. The van der Waals surface area contributed by atoms with Gasteiger partial charge in [-0.05, 0) is 140 Å². The molecule has 7 rings (SSSR count). The third-order valence-electron chi connectivity index (χ3n) is 16.6. The van der Waals surface area contributed by atoms with E-state index in [1.807, 2.05) is 12.1 Å². The molecule has 1 heterocycles. The SMILES string of the molecule is COC(=O)c1ccc(C2=CC[C@]3(C)[C@H]4CC[C@@H]5[C@H]6[C@H](N(C)C)CC[C@]6(NCCN6CCS(O)(O)CC6)CC[C@@]5(C)[C@]4(C)CC[C@H]3C2(C)C)cc1. The molecule has 1 aliphatic heterocycles. The van der Waals surface area contributed by atoms with Gasteiger partial charge in [0.15, 0.2) is 0 Å². The van der Waals surface area contributed by atoms with Gasteiger partial charge in [-0.3, -0.25) is 14.0 Å². The van der Waals surface area contributed by atoms with Crippen molar-refractivity contribution in [1.29, 1.82) is 0 Å². The van der Waals surface area contributed by atoms with Gasteiger partial charge in [0.05, 0.1) is 24.2 Å². The van der Waals surface area contributed by atoms with Crippen LogP contribution >= 0.6 is 10.6 Å². The molecule has 0 amide bonds. The Morgan fingerprint density at radius 3 is 2.28 bits per heavy atom. The van der Waals surface area contributed by atoms with E-state index in [9.17, 15) is 13.9 Å². The van der Waals surface area contributed by atoms with Crippen LogP contribution in [0.4, 0.5) is 0 Å². The summed E-state index contributed by atoms with van der Waals surface area (Å²) >= 11 is 0. The summed E-state index contributed by atoms with van der Waals surface area (Å²) in [6, 6.07) is 8.74. The van der Waals surface area contributed by atoms with Crippen molar-refractivity contribution in [3.8, 4) is 0 Å². The van der Waals surface area contributed by atoms with Crippen molar-refractivity contribution in [3.63, 3.8) is 0 Å². The molecule has 9 atom stereocenters. The van der Waals surface area contributed by atoms with Crippen molar-refractivity contribution < 1.29 is 18.6 Å². The average Bonchev–Trinajstić information content (AvgIpc) is 3.45. The number of hydrogen-bond donors (Lipinski definition) is 3. The molecule has 1 aromatic carbocycles. The number of nitrogens with one attached hydrogen (secondary N) is 1. The average molecular weight is 710 g/mol. The van der Waals surface area contributed by atoms with E-state index in [1.54, 1.807) is 0 Å². The van der Waals surface area contributed by atoms with Crippen LogP contribution in [0, 0.1) is 45.3 Å². The van der Waals surface area contributed by atoms with Crippen LogP contribution in [0.15, 0.2) is 30.3 Å². The van der Waals surface area contributed by atoms with E-state index in [4.69, 9.17) is 4.74 Å². The highest BCUT2D eigenvalue weighted by molar-refractivity contribution is 8.24.